The van der Waals surface area contributed by atoms with E-state index in [9.17, 15) is 14.4 Å². The molecule has 6 nitrogen and oxygen atoms in total. The van der Waals surface area contributed by atoms with E-state index >= 15 is 0 Å². The average Bonchev–Trinajstić information content (AvgIpc) is 2.71. The van der Waals surface area contributed by atoms with Crippen LogP contribution in [0.15, 0.2) is 22.7 Å². The number of benzene rings is 1. The van der Waals surface area contributed by atoms with Gasteiger partial charge in [0.05, 0.1) is 11.1 Å². The molecular weight excluding hydrogens is 350 g/mol. The Morgan fingerprint density at radius 2 is 2.00 bits per heavy atom. The maximum absolute atomic E-state index is 12.2. The Balaban J connectivity index is 1.91. The first-order valence-corrected chi connectivity index (χ1v) is 7.88. The van der Waals surface area contributed by atoms with Crippen molar-refractivity contribution in [3.05, 3.63) is 33.8 Å². The first kappa shape index (κ1) is 16.6. The number of hydrogen-bond acceptors (Lipinski definition) is 4. The second-order valence-corrected chi connectivity index (χ2v) is 6.18. The molecule has 1 heterocycles. The number of imide groups is 1. The van der Waals surface area contributed by atoms with E-state index in [0.717, 1.165) is 4.47 Å². The first-order valence-electron chi connectivity index (χ1n) is 7.09. The lowest BCUT2D eigenvalue weighted by Crippen LogP contribution is -2.38. The summed E-state index contributed by atoms with van der Waals surface area (Å²) >= 11 is 3.29. The van der Waals surface area contributed by atoms with Gasteiger partial charge in [-0.1, -0.05) is 15.9 Å². The third-order valence-corrected chi connectivity index (χ3v) is 3.97. The van der Waals surface area contributed by atoms with E-state index in [1.54, 1.807) is 18.2 Å². The van der Waals surface area contributed by atoms with E-state index in [2.05, 4.69) is 21.2 Å². The smallest absolute Gasteiger partial charge is 0.261 e. The number of nitrogens with one attached hydrogen (secondary N) is 1. The fraction of sp³-hybridized carbons (Fsp3) is 0.400. The van der Waals surface area contributed by atoms with Crippen LogP contribution in [0.2, 0.25) is 0 Å². The van der Waals surface area contributed by atoms with Crippen molar-refractivity contribution in [1.82, 2.24) is 10.2 Å². The van der Waals surface area contributed by atoms with E-state index in [1.807, 2.05) is 6.92 Å². The standard InChI is InChI=1S/C15H18BrN3O3/c1-9(8-17)18-13(20)3-2-6-19-14(21)11-5-4-10(16)7-12(11)15(19)22/h4-5,7,9H,2-3,6,8,17H2,1H3,(H,18,20)/t9-/m0/s1. The Hall–Kier alpha value is -1.73. The molecule has 3 amide bonds. The predicted octanol–water partition coefficient (Wildman–Crippen LogP) is 1.29. The number of carbonyl (C=O) groups excluding carboxylic acids is 3. The van der Waals surface area contributed by atoms with Crippen molar-refractivity contribution in [3.8, 4) is 0 Å². The maximum atomic E-state index is 12.2. The van der Waals surface area contributed by atoms with Crippen LogP contribution in [0.1, 0.15) is 40.5 Å². The third-order valence-electron chi connectivity index (χ3n) is 3.48. The molecule has 2 rings (SSSR count). The Morgan fingerprint density at radius 3 is 2.68 bits per heavy atom. The number of fused-ring (bicyclic) bond motifs is 1. The van der Waals surface area contributed by atoms with Gasteiger partial charge in [0.25, 0.3) is 11.8 Å². The molecule has 3 N–H and O–H groups in total. The molecular formula is C15H18BrN3O3. The molecule has 0 aromatic heterocycles. The molecule has 0 unspecified atom stereocenters. The van der Waals surface area contributed by atoms with Crippen LogP contribution >= 0.6 is 15.9 Å². The zero-order chi connectivity index (χ0) is 16.3. The predicted molar refractivity (Wildman–Crippen MR) is 85.4 cm³/mol. The van der Waals surface area contributed by atoms with Crippen LogP contribution in [-0.2, 0) is 4.79 Å². The van der Waals surface area contributed by atoms with Gasteiger partial charge in [0, 0.05) is 30.0 Å². The number of rotatable bonds is 6. The number of nitrogens with two attached hydrogens (primary N) is 1. The summed E-state index contributed by atoms with van der Waals surface area (Å²) in [5, 5.41) is 2.74. The van der Waals surface area contributed by atoms with Gasteiger partial charge < -0.3 is 11.1 Å². The number of hydrogen-bond donors (Lipinski definition) is 2. The van der Waals surface area contributed by atoms with Crippen LogP contribution < -0.4 is 11.1 Å². The van der Waals surface area contributed by atoms with Gasteiger partial charge in [0.1, 0.15) is 0 Å². The Morgan fingerprint density at radius 1 is 1.32 bits per heavy atom. The molecule has 0 bridgehead atoms. The zero-order valence-corrected chi connectivity index (χ0v) is 13.9. The van der Waals surface area contributed by atoms with Crippen LogP contribution in [0.5, 0.6) is 0 Å². The Kier molecular flexibility index (Phi) is 5.31. The van der Waals surface area contributed by atoms with Crippen molar-refractivity contribution in [2.24, 2.45) is 5.73 Å². The minimum absolute atomic E-state index is 0.0795. The molecule has 0 radical (unpaired) electrons. The lowest BCUT2D eigenvalue weighted by molar-refractivity contribution is -0.121. The largest absolute Gasteiger partial charge is 0.352 e. The average molecular weight is 368 g/mol. The molecule has 1 aromatic rings. The van der Waals surface area contributed by atoms with E-state index in [-0.39, 0.29) is 36.7 Å². The van der Waals surface area contributed by atoms with E-state index in [4.69, 9.17) is 5.73 Å². The molecule has 118 valence electrons. The number of nitrogens with zero attached hydrogens (tertiary/aromatic N) is 1. The normalized spacial score (nSPS) is 15.0. The molecule has 22 heavy (non-hydrogen) atoms. The van der Waals surface area contributed by atoms with Crippen LogP contribution in [0.3, 0.4) is 0 Å². The van der Waals surface area contributed by atoms with Crippen molar-refractivity contribution in [2.45, 2.75) is 25.8 Å². The molecule has 0 spiro atoms. The summed E-state index contributed by atoms with van der Waals surface area (Å²) < 4.78 is 0.754. The second kappa shape index (κ2) is 7.02. The summed E-state index contributed by atoms with van der Waals surface area (Å²) in [6, 6.07) is 4.93. The molecule has 1 aliphatic heterocycles. The molecule has 0 saturated heterocycles. The molecule has 0 saturated carbocycles. The molecule has 1 aliphatic rings. The second-order valence-electron chi connectivity index (χ2n) is 5.26. The summed E-state index contributed by atoms with van der Waals surface area (Å²) in [6.45, 7) is 2.42. The zero-order valence-electron chi connectivity index (χ0n) is 12.3. The Bertz CT molecular complexity index is 618. The topological polar surface area (TPSA) is 92.5 Å². The summed E-state index contributed by atoms with van der Waals surface area (Å²) in [5.74, 6) is -0.738. The van der Waals surface area contributed by atoms with Crippen molar-refractivity contribution in [1.29, 1.82) is 0 Å². The van der Waals surface area contributed by atoms with Crippen molar-refractivity contribution in [3.63, 3.8) is 0 Å². The minimum atomic E-state index is -0.308. The molecule has 0 aliphatic carbocycles. The van der Waals surface area contributed by atoms with Gasteiger partial charge in [0.15, 0.2) is 0 Å². The fourth-order valence-electron chi connectivity index (χ4n) is 2.27. The van der Waals surface area contributed by atoms with Crippen molar-refractivity contribution >= 4 is 33.7 Å². The van der Waals surface area contributed by atoms with Gasteiger partial charge in [-0.2, -0.15) is 0 Å². The lowest BCUT2D eigenvalue weighted by atomic mass is 10.1. The highest BCUT2D eigenvalue weighted by Gasteiger charge is 2.35. The molecule has 0 fully saturated rings. The number of halogens is 1. The van der Waals surface area contributed by atoms with Crippen LogP contribution in [0, 0.1) is 0 Å². The van der Waals surface area contributed by atoms with E-state index in [0.29, 0.717) is 24.1 Å². The fourth-order valence-corrected chi connectivity index (χ4v) is 2.63. The van der Waals surface area contributed by atoms with Gasteiger partial charge in [-0.3, -0.25) is 19.3 Å². The monoisotopic (exact) mass is 367 g/mol. The highest BCUT2D eigenvalue weighted by molar-refractivity contribution is 9.10. The number of carbonyl (C=O) groups is 3. The summed E-state index contributed by atoms with van der Waals surface area (Å²) in [4.78, 5) is 37.3. The highest BCUT2D eigenvalue weighted by Crippen LogP contribution is 2.26. The minimum Gasteiger partial charge on any atom is -0.352 e. The molecule has 7 heteroatoms. The van der Waals surface area contributed by atoms with Crippen LogP contribution in [-0.4, -0.2) is 41.8 Å². The van der Waals surface area contributed by atoms with Crippen molar-refractivity contribution < 1.29 is 14.4 Å². The van der Waals surface area contributed by atoms with Gasteiger partial charge in [-0.05, 0) is 31.5 Å². The van der Waals surface area contributed by atoms with Gasteiger partial charge >= 0.3 is 0 Å². The van der Waals surface area contributed by atoms with Crippen molar-refractivity contribution in [2.75, 3.05) is 13.1 Å². The van der Waals surface area contributed by atoms with E-state index in [1.165, 1.54) is 4.90 Å². The van der Waals surface area contributed by atoms with Crippen LogP contribution in [0.25, 0.3) is 0 Å². The lowest BCUT2D eigenvalue weighted by Gasteiger charge is -2.14. The maximum Gasteiger partial charge on any atom is 0.261 e. The first-order chi connectivity index (χ1) is 10.4. The van der Waals surface area contributed by atoms with Gasteiger partial charge in [-0.15, -0.1) is 0 Å². The SMILES string of the molecule is C[C@@H](CN)NC(=O)CCCN1C(=O)c2ccc(Br)cc2C1=O. The van der Waals surface area contributed by atoms with E-state index < -0.39 is 0 Å². The summed E-state index contributed by atoms with van der Waals surface area (Å²) in [6.07, 6.45) is 0.678. The van der Waals surface area contributed by atoms with Gasteiger partial charge in [0.2, 0.25) is 5.91 Å². The third kappa shape index (κ3) is 3.53. The van der Waals surface area contributed by atoms with Crippen LogP contribution in [0.4, 0.5) is 0 Å². The quantitative estimate of drug-likeness (QED) is 0.740. The molecule has 1 aromatic carbocycles. The Labute approximate surface area is 137 Å². The highest BCUT2D eigenvalue weighted by atomic mass is 79.9. The van der Waals surface area contributed by atoms with Gasteiger partial charge in [-0.25, -0.2) is 0 Å². The molecule has 1 atom stereocenters. The number of amides is 3. The summed E-state index contributed by atoms with van der Waals surface area (Å²) in [7, 11) is 0. The summed E-state index contributed by atoms with van der Waals surface area (Å²) in [5.41, 5.74) is 6.24.